The summed E-state index contributed by atoms with van der Waals surface area (Å²) in [5, 5.41) is 11.6. The molecule has 5 aromatic rings. The van der Waals surface area contributed by atoms with Crippen LogP contribution < -0.4 is 4.72 Å². The molecule has 192 valence electrons. The molecule has 38 heavy (non-hydrogen) atoms. The summed E-state index contributed by atoms with van der Waals surface area (Å²) < 4.78 is 29.0. The van der Waals surface area contributed by atoms with Gasteiger partial charge >= 0.3 is 0 Å². The van der Waals surface area contributed by atoms with E-state index >= 15 is 0 Å². The predicted octanol–water partition coefficient (Wildman–Crippen LogP) is 5.91. The molecule has 1 heterocycles. The van der Waals surface area contributed by atoms with Crippen LogP contribution in [0, 0.1) is 0 Å². The molecular weight excluding hydrogens is 496 g/mol. The van der Waals surface area contributed by atoms with E-state index in [1.807, 2.05) is 74.8 Å². The molecule has 0 aliphatic rings. The molecule has 0 aliphatic carbocycles. The zero-order chi connectivity index (χ0) is 26.7. The topological polar surface area (TPSA) is 97.8 Å². The number of sulfonamides is 1. The molecule has 7 nitrogen and oxygen atoms in total. The second kappa shape index (κ2) is 10.5. The fourth-order valence-electron chi connectivity index (χ4n) is 4.36. The van der Waals surface area contributed by atoms with E-state index in [2.05, 4.69) is 14.6 Å². The Morgan fingerprint density at radius 3 is 2.32 bits per heavy atom. The number of nitrogens with one attached hydrogen (secondary N) is 2. The Morgan fingerprint density at radius 1 is 0.895 bits per heavy atom. The van der Waals surface area contributed by atoms with Gasteiger partial charge in [-0.05, 0) is 62.1 Å². The van der Waals surface area contributed by atoms with E-state index in [1.165, 1.54) is 6.07 Å². The standard InChI is InChI=1S/C30H28N4O3S/c1-34(2)20-21-10-9-15-24(18-21)31-29(22-11-5-3-6-12-22)28-26-19-25(16-17-27(26)32-30(28)35)38(36,37)33-23-13-7-4-8-14-23/h3-19,32-33,35H,20H2,1-2H3. The lowest BCUT2D eigenvalue weighted by atomic mass is 10.0. The number of para-hydroxylation sites is 1. The van der Waals surface area contributed by atoms with Crippen molar-refractivity contribution in [3.63, 3.8) is 0 Å². The minimum Gasteiger partial charge on any atom is -0.494 e. The Balaban J connectivity index is 1.66. The van der Waals surface area contributed by atoms with Gasteiger partial charge in [0.25, 0.3) is 10.0 Å². The van der Waals surface area contributed by atoms with Gasteiger partial charge in [-0.15, -0.1) is 0 Å². The van der Waals surface area contributed by atoms with Gasteiger partial charge in [0.05, 0.1) is 21.9 Å². The van der Waals surface area contributed by atoms with Crippen LogP contribution in [0.5, 0.6) is 5.88 Å². The Labute approximate surface area is 222 Å². The van der Waals surface area contributed by atoms with Crippen LogP contribution in [0.1, 0.15) is 16.7 Å². The maximum absolute atomic E-state index is 13.2. The Kier molecular flexibility index (Phi) is 7.00. The monoisotopic (exact) mass is 524 g/mol. The highest BCUT2D eigenvalue weighted by molar-refractivity contribution is 7.92. The van der Waals surface area contributed by atoms with E-state index in [0.29, 0.717) is 27.9 Å². The smallest absolute Gasteiger partial charge is 0.261 e. The van der Waals surface area contributed by atoms with Gasteiger partial charge in [0.1, 0.15) is 0 Å². The van der Waals surface area contributed by atoms with Crippen molar-refractivity contribution in [3.8, 4) is 5.88 Å². The Hall–Kier alpha value is -4.40. The minimum atomic E-state index is -3.87. The maximum atomic E-state index is 13.2. The van der Waals surface area contributed by atoms with Crippen LogP contribution in [0.15, 0.2) is 113 Å². The van der Waals surface area contributed by atoms with Crippen LogP contribution >= 0.6 is 0 Å². The Bertz CT molecular complexity index is 1710. The fourth-order valence-corrected chi connectivity index (χ4v) is 5.45. The number of aromatic amines is 1. The van der Waals surface area contributed by atoms with Gasteiger partial charge in [-0.3, -0.25) is 4.72 Å². The van der Waals surface area contributed by atoms with Crippen molar-refractivity contribution in [1.82, 2.24) is 9.88 Å². The van der Waals surface area contributed by atoms with Crippen LogP contribution in [0.3, 0.4) is 0 Å². The minimum absolute atomic E-state index is 0.0782. The molecule has 4 aromatic carbocycles. The van der Waals surface area contributed by atoms with Crippen LogP contribution in [-0.2, 0) is 16.6 Å². The first-order valence-electron chi connectivity index (χ1n) is 12.1. The number of aromatic hydroxyl groups is 1. The molecule has 0 atom stereocenters. The molecule has 0 saturated carbocycles. The van der Waals surface area contributed by atoms with Crippen LogP contribution in [0.4, 0.5) is 11.4 Å². The van der Waals surface area contributed by atoms with E-state index < -0.39 is 10.0 Å². The highest BCUT2D eigenvalue weighted by Crippen LogP contribution is 2.33. The van der Waals surface area contributed by atoms with Gasteiger partial charge in [-0.2, -0.15) is 0 Å². The second-order valence-corrected chi connectivity index (χ2v) is 10.9. The van der Waals surface area contributed by atoms with Gasteiger partial charge in [-0.1, -0.05) is 60.7 Å². The summed E-state index contributed by atoms with van der Waals surface area (Å²) in [7, 11) is 0.146. The average Bonchev–Trinajstić information content (AvgIpc) is 3.23. The lowest BCUT2D eigenvalue weighted by Crippen LogP contribution is -2.13. The largest absolute Gasteiger partial charge is 0.494 e. The molecule has 8 heteroatoms. The molecule has 0 saturated heterocycles. The first-order chi connectivity index (χ1) is 18.3. The molecular formula is C30H28N4O3S. The molecule has 0 aliphatic heterocycles. The van der Waals surface area contributed by atoms with Gasteiger partial charge in [0.2, 0.25) is 0 Å². The third kappa shape index (κ3) is 5.46. The summed E-state index contributed by atoms with van der Waals surface area (Å²) in [5.74, 6) is -0.0855. The zero-order valence-electron chi connectivity index (χ0n) is 21.1. The van der Waals surface area contributed by atoms with Crippen molar-refractivity contribution < 1.29 is 13.5 Å². The number of anilines is 1. The van der Waals surface area contributed by atoms with E-state index in [-0.39, 0.29) is 10.8 Å². The summed E-state index contributed by atoms with van der Waals surface area (Å²) in [4.78, 5) is 10.1. The molecule has 0 radical (unpaired) electrons. The van der Waals surface area contributed by atoms with Crippen molar-refractivity contribution in [2.75, 3.05) is 18.8 Å². The first kappa shape index (κ1) is 25.3. The van der Waals surface area contributed by atoms with E-state index in [9.17, 15) is 13.5 Å². The quantitative estimate of drug-likeness (QED) is 0.220. The van der Waals surface area contributed by atoms with Crippen LogP contribution in [0.2, 0.25) is 0 Å². The second-order valence-electron chi connectivity index (χ2n) is 9.26. The van der Waals surface area contributed by atoms with Crippen LogP contribution in [0.25, 0.3) is 10.9 Å². The van der Waals surface area contributed by atoms with Gasteiger partial charge < -0.3 is 15.0 Å². The number of benzene rings is 4. The number of hydrogen-bond donors (Lipinski definition) is 3. The van der Waals surface area contributed by atoms with E-state index in [0.717, 1.165) is 23.4 Å². The number of fused-ring (bicyclic) bond motifs is 1. The van der Waals surface area contributed by atoms with Gasteiger partial charge in [0.15, 0.2) is 5.88 Å². The molecule has 0 unspecified atom stereocenters. The predicted molar refractivity (Wildman–Crippen MR) is 153 cm³/mol. The molecule has 0 fully saturated rings. The first-order valence-corrected chi connectivity index (χ1v) is 13.6. The summed E-state index contributed by atoms with van der Waals surface area (Å²) in [6.07, 6.45) is 0. The lowest BCUT2D eigenvalue weighted by molar-refractivity contribution is 0.402. The highest BCUT2D eigenvalue weighted by Gasteiger charge is 2.22. The molecule has 1 aromatic heterocycles. The maximum Gasteiger partial charge on any atom is 0.261 e. The molecule has 0 bridgehead atoms. The normalized spacial score (nSPS) is 12.2. The number of aromatic nitrogens is 1. The number of aliphatic imine (C=N–C) groups is 1. The zero-order valence-corrected chi connectivity index (χ0v) is 21.9. The van der Waals surface area contributed by atoms with E-state index in [1.54, 1.807) is 36.4 Å². The lowest BCUT2D eigenvalue weighted by Gasteiger charge is -2.11. The highest BCUT2D eigenvalue weighted by atomic mass is 32.2. The van der Waals surface area contributed by atoms with Crippen molar-refractivity contribution in [1.29, 1.82) is 0 Å². The third-order valence-corrected chi connectivity index (χ3v) is 7.40. The van der Waals surface area contributed by atoms with Gasteiger partial charge in [0, 0.05) is 28.7 Å². The molecule has 3 N–H and O–H groups in total. The SMILES string of the molecule is CN(C)Cc1cccc(N=C(c2ccccc2)c2c(O)[nH]c3ccc(S(=O)(=O)Nc4ccccc4)cc23)c1. The average molecular weight is 525 g/mol. The van der Waals surface area contributed by atoms with Crippen molar-refractivity contribution in [2.24, 2.45) is 4.99 Å². The number of nitrogens with zero attached hydrogens (tertiary/aromatic N) is 2. The number of hydrogen-bond acceptors (Lipinski definition) is 5. The van der Waals surface area contributed by atoms with Crippen LogP contribution in [-0.4, -0.2) is 43.2 Å². The summed E-state index contributed by atoms with van der Waals surface area (Å²) >= 11 is 0. The van der Waals surface area contributed by atoms with E-state index in [4.69, 9.17) is 4.99 Å². The molecule has 0 amide bonds. The molecule has 5 rings (SSSR count). The van der Waals surface area contributed by atoms with Crippen molar-refractivity contribution >= 4 is 38.0 Å². The number of rotatable bonds is 8. The molecule has 0 spiro atoms. The third-order valence-electron chi connectivity index (χ3n) is 6.02. The number of H-pyrrole nitrogens is 1. The van der Waals surface area contributed by atoms with Crippen molar-refractivity contribution in [3.05, 3.63) is 120 Å². The summed E-state index contributed by atoms with van der Waals surface area (Å²) in [6, 6.07) is 30.9. The summed E-state index contributed by atoms with van der Waals surface area (Å²) in [5.41, 5.74) is 4.65. The Morgan fingerprint density at radius 2 is 1.61 bits per heavy atom. The van der Waals surface area contributed by atoms with Gasteiger partial charge in [-0.25, -0.2) is 13.4 Å². The summed E-state index contributed by atoms with van der Waals surface area (Å²) in [6.45, 7) is 0.762. The van der Waals surface area contributed by atoms with Crippen molar-refractivity contribution in [2.45, 2.75) is 11.4 Å². The fraction of sp³-hybridized carbons (Fsp3) is 0.100.